The summed E-state index contributed by atoms with van der Waals surface area (Å²) < 4.78 is 5.76. The topological polar surface area (TPSA) is 50.8 Å². The second kappa shape index (κ2) is 5.61. The van der Waals surface area contributed by atoms with Crippen molar-refractivity contribution in [1.82, 2.24) is 4.90 Å². The van der Waals surface area contributed by atoms with E-state index in [1.807, 2.05) is 11.3 Å². The Bertz CT molecular complexity index is 526. The molecule has 21 heavy (non-hydrogen) atoms. The number of hydrogen-bond donors (Lipinski definition) is 1. The van der Waals surface area contributed by atoms with Gasteiger partial charge in [0.2, 0.25) is 0 Å². The SMILES string of the molecule is CC(C)(C)c1ccc(C2CN=C(N)N2CC2CCCO2)s1. The molecule has 2 unspecified atom stereocenters. The van der Waals surface area contributed by atoms with Crippen LogP contribution >= 0.6 is 11.3 Å². The Labute approximate surface area is 131 Å². The molecule has 0 amide bonds. The number of ether oxygens (including phenoxy) is 1. The molecule has 0 aromatic carbocycles. The van der Waals surface area contributed by atoms with Gasteiger partial charge in [0.1, 0.15) is 0 Å². The summed E-state index contributed by atoms with van der Waals surface area (Å²) in [5, 5.41) is 0. The average Bonchev–Trinajstić information content (AvgIpc) is 3.11. The lowest BCUT2D eigenvalue weighted by atomic mass is 9.95. The first kappa shape index (κ1) is 14.9. The zero-order chi connectivity index (χ0) is 15.0. The van der Waals surface area contributed by atoms with E-state index in [-0.39, 0.29) is 11.5 Å². The van der Waals surface area contributed by atoms with Gasteiger partial charge < -0.3 is 15.4 Å². The molecule has 116 valence electrons. The molecular formula is C16H25N3OS. The summed E-state index contributed by atoms with van der Waals surface area (Å²) in [7, 11) is 0. The number of guanidine groups is 1. The second-order valence-electron chi connectivity index (χ2n) is 6.95. The fourth-order valence-electron chi connectivity index (χ4n) is 2.94. The Hall–Kier alpha value is -1.07. The Morgan fingerprint density at radius 3 is 2.86 bits per heavy atom. The maximum Gasteiger partial charge on any atom is 0.192 e. The molecule has 0 bridgehead atoms. The smallest absolute Gasteiger partial charge is 0.192 e. The van der Waals surface area contributed by atoms with Gasteiger partial charge in [-0.1, -0.05) is 20.8 Å². The predicted octanol–water partition coefficient (Wildman–Crippen LogP) is 2.90. The molecule has 4 nitrogen and oxygen atoms in total. The van der Waals surface area contributed by atoms with E-state index in [1.54, 1.807) is 0 Å². The van der Waals surface area contributed by atoms with Crippen LogP contribution in [0.1, 0.15) is 49.4 Å². The number of nitrogens with two attached hydrogens (primary N) is 1. The molecule has 3 heterocycles. The normalized spacial score (nSPS) is 26.4. The highest BCUT2D eigenvalue weighted by Gasteiger charge is 2.32. The third-order valence-electron chi connectivity index (χ3n) is 4.22. The van der Waals surface area contributed by atoms with Crippen LogP contribution in [-0.2, 0) is 10.2 Å². The van der Waals surface area contributed by atoms with Crippen molar-refractivity contribution >= 4 is 17.3 Å². The first-order valence-electron chi connectivity index (χ1n) is 7.73. The summed E-state index contributed by atoms with van der Waals surface area (Å²) in [6.07, 6.45) is 2.60. The van der Waals surface area contributed by atoms with Crippen molar-refractivity contribution in [3.8, 4) is 0 Å². The van der Waals surface area contributed by atoms with E-state index >= 15 is 0 Å². The lowest BCUT2D eigenvalue weighted by molar-refractivity contribution is 0.0856. The maximum atomic E-state index is 6.10. The van der Waals surface area contributed by atoms with Crippen molar-refractivity contribution in [2.24, 2.45) is 10.7 Å². The molecule has 2 aliphatic rings. The van der Waals surface area contributed by atoms with Crippen LogP contribution in [0.3, 0.4) is 0 Å². The number of thiophene rings is 1. The van der Waals surface area contributed by atoms with E-state index in [0.29, 0.717) is 12.1 Å². The van der Waals surface area contributed by atoms with Crippen LogP contribution in [0, 0.1) is 0 Å². The predicted molar refractivity (Wildman–Crippen MR) is 87.9 cm³/mol. The average molecular weight is 307 g/mol. The van der Waals surface area contributed by atoms with Gasteiger partial charge >= 0.3 is 0 Å². The van der Waals surface area contributed by atoms with Gasteiger partial charge in [-0.05, 0) is 30.4 Å². The fraction of sp³-hybridized carbons (Fsp3) is 0.688. The Kier molecular flexibility index (Phi) is 3.97. The molecule has 1 aromatic rings. The summed E-state index contributed by atoms with van der Waals surface area (Å²) >= 11 is 1.89. The summed E-state index contributed by atoms with van der Waals surface area (Å²) in [5.41, 5.74) is 6.30. The van der Waals surface area contributed by atoms with Gasteiger partial charge in [0.05, 0.1) is 18.7 Å². The van der Waals surface area contributed by atoms with Crippen molar-refractivity contribution in [3.63, 3.8) is 0 Å². The van der Waals surface area contributed by atoms with E-state index in [1.165, 1.54) is 9.75 Å². The largest absolute Gasteiger partial charge is 0.376 e. The van der Waals surface area contributed by atoms with Gasteiger partial charge in [-0.15, -0.1) is 11.3 Å². The summed E-state index contributed by atoms with van der Waals surface area (Å²) in [6.45, 7) is 9.28. The first-order chi connectivity index (χ1) is 9.95. The van der Waals surface area contributed by atoms with E-state index < -0.39 is 0 Å². The van der Waals surface area contributed by atoms with E-state index in [2.05, 4.69) is 42.8 Å². The molecule has 0 radical (unpaired) electrons. The summed E-state index contributed by atoms with van der Waals surface area (Å²) in [4.78, 5) is 9.47. The maximum absolute atomic E-state index is 6.10. The van der Waals surface area contributed by atoms with Crippen molar-refractivity contribution < 1.29 is 4.74 Å². The van der Waals surface area contributed by atoms with Crippen molar-refractivity contribution in [3.05, 3.63) is 21.9 Å². The van der Waals surface area contributed by atoms with Crippen molar-refractivity contribution in [1.29, 1.82) is 0 Å². The second-order valence-corrected chi connectivity index (χ2v) is 8.07. The Balaban J connectivity index is 1.75. The zero-order valence-corrected chi connectivity index (χ0v) is 13.9. The van der Waals surface area contributed by atoms with Gasteiger partial charge in [0.15, 0.2) is 5.96 Å². The fourth-order valence-corrected chi connectivity index (χ4v) is 4.11. The molecule has 1 aromatic heterocycles. The minimum atomic E-state index is 0.202. The molecule has 0 spiro atoms. The number of aliphatic imine (C=N–C) groups is 1. The third-order valence-corrected chi connectivity index (χ3v) is 5.83. The van der Waals surface area contributed by atoms with Crippen LogP contribution in [0.25, 0.3) is 0 Å². The van der Waals surface area contributed by atoms with Gasteiger partial charge in [-0.2, -0.15) is 0 Å². The zero-order valence-electron chi connectivity index (χ0n) is 13.1. The summed E-state index contributed by atoms with van der Waals surface area (Å²) in [6, 6.07) is 4.78. The minimum absolute atomic E-state index is 0.202. The molecule has 3 rings (SSSR count). The highest BCUT2D eigenvalue weighted by molar-refractivity contribution is 7.12. The molecule has 2 atom stereocenters. The minimum Gasteiger partial charge on any atom is -0.376 e. The standard InChI is InChI=1S/C16H25N3OS/c1-16(2,3)14-7-6-13(21-14)12-9-18-15(17)19(12)10-11-5-4-8-20-11/h6-7,11-12H,4-5,8-10H2,1-3H3,(H2,17,18). The van der Waals surface area contributed by atoms with Gasteiger partial charge in [0, 0.05) is 22.9 Å². The molecule has 1 fully saturated rings. The third kappa shape index (κ3) is 3.09. The van der Waals surface area contributed by atoms with E-state index in [0.717, 1.165) is 32.5 Å². The van der Waals surface area contributed by atoms with Crippen LogP contribution < -0.4 is 5.73 Å². The van der Waals surface area contributed by atoms with Crippen LogP contribution in [-0.4, -0.2) is 36.7 Å². The lowest BCUT2D eigenvalue weighted by Crippen LogP contribution is -2.40. The quantitative estimate of drug-likeness (QED) is 0.934. The highest BCUT2D eigenvalue weighted by atomic mass is 32.1. The summed E-state index contributed by atoms with van der Waals surface area (Å²) in [5.74, 6) is 0.668. The van der Waals surface area contributed by atoms with Crippen molar-refractivity contribution in [2.75, 3.05) is 19.7 Å². The highest BCUT2D eigenvalue weighted by Crippen LogP contribution is 2.36. The van der Waals surface area contributed by atoms with Gasteiger partial charge in [-0.25, -0.2) is 0 Å². The van der Waals surface area contributed by atoms with Crippen LogP contribution in [0.2, 0.25) is 0 Å². The van der Waals surface area contributed by atoms with Gasteiger partial charge in [-0.3, -0.25) is 4.99 Å². The van der Waals surface area contributed by atoms with Gasteiger partial charge in [0.25, 0.3) is 0 Å². The van der Waals surface area contributed by atoms with E-state index in [4.69, 9.17) is 10.5 Å². The molecule has 1 saturated heterocycles. The van der Waals surface area contributed by atoms with Crippen LogP contribution in [0.15, 0.2) is 17.1 Å². The van der Waals surface area contributed by atoms with E-state index in [9.17, 15) is 0 Å². The first-order valence-corrected chi connectivity index (χ1v) is 8.55. The lowest BCUT2D eigenvalue weighted by Gasteiger charge is -2.28. The Morgan fingerprint density at radius 1 is 1.43 bits per heavy atom. The van der Waals surface area contributed by atoms with Crippen LogP contribution in [0.4, 0.5) is 0 Å². The Morgan fingerprint density at radius 2 is 2.24 bits per heavy atom. The molecule has 2 N–H and O–H groups in total. The molecule has 2 aliphatic heterocycles. The van der Waals surface area contributed by atoms with Crippen molar-refractivity contribution in [2.45, 2.75) is 51.2 Å². The molecule has 5 heteroatoms. The number of hydrogen-bond acceptors (Lipinski definition) is 5. The number of nitrogens with zero attached hydrogens (tertiary/aromatic N) is 2. The number of rotatable bonds is 3. The molecule has 0 saturated carbocycles. The van der Waals surface area contributed by atoms with Crippen LogP contribution in [0.5, 0.6) is 0 Å². The molecule has 0 aliphatic carbocycles. The monoisotopic (exact) mass is 307 g/mol. The molecular weight excluding hydrogens is 282 g/mol.